The standard InChI is InChI=1S/C19H32O5Si/c1-8-10-11-15(24-25(6,7)19(3,4)5)16-12-14(21)17(13(20)9-2)18(22)23-16/h12,15,21H,8-11H2,1-7H3. The van der Waals surface area contributed by atoms with Gasteiger partial charge in [-0.15, -0.1) is 0 Å². The number of aromatic hydroxyl groups is 1. The second-order valence-electron chi connectivity index (χ2n) is 7.98. The molecule has 0 bridgehead atoms. The van der Waals surface area contributed by atoms with Crippen LogP contribution in [0.15, 0.2) is 15.3 Å². The van der Waals surface area contributed by atoms with E-state index in [4.69, 9.17) is 8.84 Å². The third-order valence-electron chi connectivity index (χ3n) is 4.93. The minimum Gasteiger partial charge on any atom is -0.507 e. The van der Waals surface area contributed by atoms with E-state index in [2.05, 4.69) is 40.8 Å². The van der Waals surface area contributed by atoms with Crippen molar-refractivity contribution in [3.05, 3.63) is 27.8 Å². The van der Waals surface area contributed by atoms with Gasteiger partial charge < -0.3 is 13.9 Å². The Morgan fingerprint density at radius 1 is 1.32 bits per heavy atom. The lowest BCUT2D eigenvalue weighted by molar-refractivity contribution is 0.0976. The highest BCUT2D eigenvalue weighted by Crippen LogP contribution is 2.41. The summed E-state index contributed by atoms with van der Waals surface area (Å²) in [6.45, 7) is 14.4. The minimum absolute atomic E-state index is 0.0118. The van der Waals surface area contributed by atoms with Crippen LogP contribution in [0.25, 0.3) is 0 Å². The average Bonchev–Trinajstić information content (AvgIpc) is 2.49. The van der Waals surface area contributed by atoms with E-state index in [9.17, 15) is 14.7 Å². The summed E-state index contributed by atoms with van der Waals surface area (Å²) in [4.78, 5) is 24.0. The van der Waals surface area contributed by atoms with Gasteiger partial charge in [0, 0.05) is 12.5 Å². The fourth-order valence-corrected chi connectivity index (χ4v) is 3.57. The van der Waals surface area contributed by atoms with Crippen LogP contribution in [-0.2, 0) is 4.43 Å². The van der Waals surface area contributed by atoms with Crippen LogP contribution in [0.4, 0.5) is 0 Å². The first-order valence-corrected chi connectivity index (χ1v) is 11.9. The van der Waals surface area contributed by atoms with E-state index in [1.165, 1.54) is 6.07 Å². The van der Waals surface area contributed by atoms with Crippen molar-refractivity contribution in [3.63, 3.8) is 0 Å². The first-order valence-electron chi connectivity index (χ1n) is 9.02. The van der Waals surface area contributed by atoms with Crippen LogP contribution in [0.3, 0.4) is 0 Å². The van der Waals surface area contributed by atoms with Crippen molar-refractivity contribution in [2.75, 3.05) is 0 Å². The second kappa shape index (κ2) is 8.32. The Morgan fingerprint density at radius 2 is 1.92 bits per heavy atom. The fourth-order valence-electron chi connectivity index (χ4n) is 2.27. The van der Waals surface area contributed by atoms with Gasteiger partial charge in [0.25, 0.3) is 0 Å². The Hall–Kier alpha value is -1.40. The van der Waals surface area contributed by atoms with E-state index >= 15 is 0 Å². The van der Waals surface area contributed by atoms with Gasteiger partial charge in [-0.3, -0.25) is 4.79 Å². The maximum absolute atomic E-state index is 12.2. The molecular formula is C19H32O5Si. The molecule has 0 aromatic carbocycles. The zero-order valence-corrected chi connectivity index (χ0v) is 17.6. The molecule has 5 nitrogen and oxygen atoms in total. The number of hydrogen-bond donors (Lipinski definition) is 1. The molecule has 1 N–H and O–H groups in total. The number of rotatable bonds is 8. The lowest BCUT2D eigenvalue weighted by atomic mass is 10.1. The molecule has 0 fully saturated rings. The SMILES string of the molecule is CCCCC(O[Si](C)(C)C(C)(C)C)c1cc(O)c(C(=O)CC)c(=O)o1. The third-order valence-corrected chi connectivity index (χ3v) is 9.42. The molecule has 25 heavy (non-hydrogen) atoms. The molecule has 1 rings (SSSR count). The zero-order chi connectivity index (χ0) is 19.4. The van der Waals surface area contributed by atoms with Gasteiger partial charge >= 0.3 is 5.63 Å². The summed E-state index contributed by atoms with van der Waals surface area (Å²) < 4.78 is 11.8. The van der Waals surface area contributed by atoms with E-state index in [0.717, 1.165) is 12.8 Å². The molecular weight excluding hydrogens is 336 g/mol. The lowest BCUT2D eigenvalue weighted by Crippen LogP contribution is -2.42. The molecule has 1 aromatic heterocycles. The molecule has 0 radical (unpaired) electrons. The number of carbonyl (C=O) groups excluding carboxylic acids is 1. The molecule has 0 spiro atoms. The average molecular weight is 369 g/mol. The summed E-state index contributed by atoms with van der Waals surface area (Å²) in [5.41, 5.74) is -1.06. The Bertz CT molecular complexity index is 655. The molecule has 0 aliphatic carbocycles. The van der Waals surface area contributed by atoms with Crippen LogP contribution in [0.1, 0.15) is 82.5 Å². The largest absolute Gasteiger partial charge is 0.507 e. The number of carbonyl (C=O) groups is 1. The lowest BCUT2D eigenvalue weighted by Gasteiger charge is -2.39. The molecule has 142 valence electrons. The number of unbranched alkanes of at least 4 members (excludes halogenated alkanes) is 1. The van der Waals surface area contributed by atoms with Gasteiger partial charge in [-0.25, -0.2) is 4.79 Å². The van der Waals surface area contributed by atoms with Crippen LogP contribution in [0, 0.1) is 0 Å². The van der Waals surface area contributed by atoms with Crippen LogP contribution >= 0.6 is 0 Å². The first kappa shape index (κ1) is 21.6. The molecule has 0 aliphatic heterocycles. The predicted octanol–water partition coefficient (Wildman–Crippen LogP) is 5.19. The summed E-state index contributed by atoms with van der Waals surface area (Å²) in [6, 6.07) is 1.37. The summed E-state index contributed by atoms with van der Waals surface area (Å²) in [6.07, 6.45) is 2.34. The number of ketones is 1. The fraction of sp³-hybridized carbons (Fsp3) is 0.684. The van der Waals surface area contributed by atoms with Crippen molar-refractivity contribution in [2.45, 2.75) is 84.5 Å². The van der Waals surface area contributed by atoms with Crippen LogP contribution in [-0.4, -0.2) is 19.2 Å². The molecule has 0 saturated heterocycles. The normalized spacial score (nSPS) is 13.7. The van der Waals surface area contributed by atoms with Gasteiger partial charge in [-0.05, 0) is 24.6 Å². The molecule has 0 amide bonds. The molecule has 0 saturated carbocycles. The molecule has 0 aliphatic rings. The maximum Gasteiger partial charge on any atom is 0.350 e. The van der Waals surface area contributed by atoms with E-state index in [0.29, 0.717) is 12.2 Å². The van der Waals surface area contributed by atoms with Gasteiger partial charge in [0.05, 0.1) is 0 Å². The maximum atomic E-state index is 12.2. The van der Waals surface area contributed by atoms with Crippen molar-refractivity contribution in [3.8, 4) is 5.75 Å². The zero-order valence-electron chi connectivity index (χ0n) is 16.6. The van der Waals surface area contributed by atoms with Crippen molar-refractivity contribution in [1.29, 1.82) is 0 Å². The van der Waals surface area contributed by atoms with Gasteiger partial charge in [-0.2, -0.15) is 0 Å². The van der Waals surface area contributed by atoms with Crippen LogP contribution < -0.4 is 5.63 Å². The van der Waals surface area contributed by atoms with E-state index in [-0.39, 0.29) is 22.8 Å². The Labute approximate surface area is 151 Å². The summed E-state index contributed by atoms with van der Waals surface area (Å²) in [5.74, 6) is -0.444. The Kier molecular flexibility index (Phi) is 7.20. The second-order valence-corrected chi connectivity index (χ2v) is 12.7. The quantitative estimate of drug-likeness (QED) is 0.504. The third kappa shape index (κ3) is 5.28. The van der Waals surface area contributed by atoms with Crippen molar-refractivity contribution >= 4 is 14.1 Å². The van der Waals surface area contributed by atoms with Gasteiger partial charge in [0.2, 0.25) is 0 Å². The predicted molar refractivity (Wildman–Crippen MR) is 102 cm³/mol. The molecule has 1 heterocycles. The van der Waals surface area contributed by atoms with Crippen molar-refractivity contribution < 1.29 is 18.7 Å². The van der Waals surface area contributed by atoms with Crippen molar-refractivity contribution in [1.82, 2.24) is 0 Å². The Morgan fingerprint density at radius 3 is 2.36 bits per heavy atom. The Balaban J connectivity index is 3.29. The minimum atomic E-state index is -2.09. The molecule has 1 aromatic rings. The molecule has 1 unspecified atom stereocenters. The summed E-state index contributed by atoms with van der Waals surface area (Å²) in [5, 5.41) is 10.2. The molecule has 6 heteroatoms. The highest BCUT2D eigenvalue weighted by Gasteiger charge is 2.40. The van der Waals surface area contributed by atoms with Crippen LogP contribution in [0.5, 0.6) is 5.75 Å². The highest BCUT2D eigenvalue weighted by atomic mass is 28.4. The van der Waals surface area contributed by atoms with Gasteiger partial charge in [0.15, 0.2) is 14.1 Å². The summed E-state index contributed by atoms with van der Waals surface area (Å²) in [7, 11) is -2.09. The molecule has 1 atom stereocenters. The smallest absolute Gasteiger partial charge is 0.350 e. The summed E-state index contributed by atoms with van der Waals surface area (Å²) >= 11 is 0. The topological polar surface area (TPSA) is 76.7 Å². The first-order chi connectivity index (χ1) is 11.4. The monoisotopic (exact) mass is 368 g/mol. The number of Topliss-reactive ketones (excluding diaryl/α,β-unsaturated/α-hetero) is 1. The van der Waals surface area contributed by atoms with E-state index < -0.39 is 25.8 Å². The van der Waals surface area contributed by atoms with Gasteiger partial charge in [-0.1, -0.05) is 47.5 Å². The number of hydrogen-bond acceptors (Lipinski definition) is 5. The van der Waals surface area contributed by atoms with Gasteiger partial charge in [0.1, 0.15) is 23.2 Å². The van der Waals surface area contributed by atoms with Crippen LogP contribution in [0.2, 0.25) is 18.1 Å². The van der Waals surface area contributed by atoms with E-state index in [1.54, 1.807) is 6.92 Å². The van der Waals surface area contributed by atoms with E-state index in [1.807, 2.05) is 0 Å². The van der Waals surface area contributed by atoms with Crippen molar-refractivity contribution in [2.24, 2.45) is 0 Å². The highest BCUT2D eigenvalue weighted by molar-refractivity contribution is 6.74.